The molecule has 2 fully saturated rings. The van der Waals surface area contributed by atoms with E-state index in [2.05, 4.69) is 0 Å². The molecule has 3 aliphatic heterocycles. The van der Waals surface area contributed by atoms with Crippen molar-refractivity contribution in [2.24, 2.45) is 5.41 Å². The highest BCUT2D eigenvalue weighted by molar-refractivity contribution is 6.20. The summed E-state index contributed by atoms with van der Waals surface area (Å²) in [6, 6.07) is 11.8. The van der Waals surface area contributed by atoms with E-state index in [4.69, 9.17) is 0 Å². The number of nitro benzene ring substituents is 1. The van der Waals surface area contributed by atoms with Crippen LogP contribution in [-0.2, 0) is 16.0 Å². The summed E-state index contributed by atoms with van der Waals surface area (Å²) >= 11 is 0. The van der Waals surface area contributed by atoms with Crippen molar-refractivity contribution in [3.63, 3.8) is 0 Å². The number of amides is 5. The van der Waals surface area contributed by atoms with Crippen LogP contribution in [0.1, 0.15) is 29.3 Å². The minimum absolute atomic E-state index is 0.0869. The largest absolute Gasteiger partial charge is 0.363 e. The Morgan fingerprint density at radius 1 is 1.08 bits per heavy atom. The molecule has 5 amide bonds. The molecule has 2 saturated heterocycles. The van der Waals surface area contributed by atoms with Gasteiger partial charge in [0.25, 0.3) is 11.6 Å². The Kier molecular flexibility index (Phi) is 5.93. The van der Waals surface area contributed by atoms with Crippen molar-refractivity contribution < 1.29 is 24.1 Å². The SMILES string of the molecule is CCCN1C(=O)N(C)C(=O)[C@]2(Cc3cc([N+](=O)[O-])ccc3N3CCN(C(=O)c4ccccc4)C[C@H]32)C1=O. The van der Waals surface area contributed by atoms with Gasteiger partial charge in [-0.25, -0.2) is 4.79 Å². The van der Waals surface area contributed by atoms with E-state index in [1.54, 1.807) is 35.2 Å². The molecule has 5 rings (SSSR count). The van der Waals surface area contributed by atoms with Crippen LogP contribution in [0.25, 0.3) is 0 Å². The van der Waals surface area contributed by atoms with Gasteiger partial charge in [-0.15, -0.1) is 0 Å². The number of nitrogens with zero attached hydrogens (tertiary/aromatic N) is 5. The maximum absolute atomic E-state index is 14.1. The molecule has 0 aliphatic carbocycles. The highest BCUT2D eigenvalue weighted by atomic mass is 16.6. The standard InChI is InChI=1S/C26H27N5O6/c1-3-11-30-24(34)26(23(33)27(2)25(30)35)15-18-14-19(31(36)37)9-10-20(18)29-13-12-28(16-21(26)29)22(32)17-7-5-4-6-8-17/h4-10,14,21H,3,11-13,15-16H2,1-2H3/t21-,26+/m0/s1. The molecule has 0 aromatic heterocycles. The number of hydrogen-bond donors (Lipinski definition) is 0. The molecule has 3 aliphatic rings. The van der Waals surface area contributed by atoms with E-state index in [0.29, 0.717) is 36.3 Å². The Morgan fingerprint density at radius 2 is 1.81 bits per heavy atom. The number of benzene rings is 2. The van der Waals surface area contributed by atoms with E-state index in [-0.39, 0.29) is 31.1 Å². The molecule has 11 heteroatoms. The zero-order valence-corrected chi connectivity index (χ0v) is 20.6. The minimum Gasteiger partial charge on any atom is -0.363 e. The van der Waals surface area contributed by atoms with Crippen LogP contribution in [0.5, 0.6) is 0 Å². The Balaban J connectivity index is 1.64. The molecule has 0 N–H and O–H groups in total. The van der Waals surface area contributed by atoms with Gasteiger partial charge in [0.1, 0.15) is 0 Å². The third-order valence-electron chi connectivity index (χ3n) is 7.59. The van der Waals surface area contributed by atoms with Crippen molar-refractivity contribution in [1.82, 2.24) is 14.7 Å². The highest BCUT2D eigenvalue weighted by Gasteiger charge is 2.64. The van der Waals surface area contributed by atoms with E-state index in [0.717, 1.165) is 9.80 Å². The second kappa shape index (κ2) is 8.99. The van der Waals surface area contributed by atoms with E-state index in [9.17, 15) is 29.3 Å². The van der Waals surface area contributed by atoms with E-state index >= 15 is 0 Å². The predicted molar refractivity (Wildman–Crippen MR) is 133 cm³/mol. The van der Waals surface area contributed by atoms with Crippen LogP contribution in [-0.4, -0.2) is 82.6 Å². The van der Waals surface area contributed by atoms with Crippen molar-refractivity contribution in [3.8, 4) is 0 Å². The highest BCUT2D eigenvalue weighted by Crippen LogP contribution is 2.47. The summed E-state index contributed by atoms with van der Waals surface area (Å²) in [5, 5.41) is 11.5. The van der Waals surface area contributed by atoms with Crippen LogP contribution in [0.15, 0.2) is 48.5 Å². The number of urea groups is 1. The fraction of sp³-hybridized carbons (Fsp3) is 0.385. The van der Waals surface area contributed by atoms with E-state index in [1.165, 1.54) is 19.2 Å². The Bertz CT molecular complexity index is 1310. The number of carbonyl (C=O) groups is 4. The molecule has 37 heavy (non-hydrogen) atoms. The van der Waals surface area contributed by atoms with Gasteiger partial charge in [0.15, 0.2) is 5.41 Å². The fourth-order valence-electron chi connectivity index (χ4n) is 5.81. The number of nitro groups is 1. The number of rotatable bonds is 4. The molecule has 11 nitrogen and oxygen atoms in total. The normalized spacial score (nSPS) is 23.3. The number of piperazine rings is 1. The minimum atomic E-state index is -1.71. The lowest BCUT2D eigenvalue weighted by molar-refractivity contribution is -0.384. The van der Waals surface area contributed by atoms with Crippen LogP contribution in [0.2, 0.25) is 0 Å². The Morgan fingerprint density at radius 3 is 2.49 bits per heavy atom. The van der Waals surface area contributed by atoms with Gasteiger partial charge in [0.05, 0.1) is 11.0 Å². The van der Waals surface area contributed by atoms with Gasteiger partial charge in [-0.3, -0.25) is 34.3 Å². The first kappa shape index (κ1) is 24.4. The quantitative estimate of drug-likeness (QED) is 0.355. The molecule has 0 saturated carbocycles. The Labute approximate surface area is 213 Å². The van der Waals surface area contributed by atoms with Crippen molar-refractivity contribution in [1.29, 1.82) is 0 Å². The van der Waals surface area contributed by atoms with Crippen LogP contribution >= 0.6 is 0 Å². The zero-order chi connectivity index (χ0) is 26.5. The molecule has 192 valence electrons. The molecule has 2 aromatic carbocycles. The second-order valence-electron chi connectivity index (χ2n) is 9.65. The summed E-state index contributed by atoms with van der Waals surface area (Å²) in [4.78, 5) is 70.8. The molecule has 0 radical (unpaired) electrons. The number of carbonyl (C=O) groups excluding carboxylic acids is 4. The molecule has 0 unspecified atom stereocenters. The van der Waals surface area contributed by atoms with Crippen LogP contribution in [0.3, 0.4) is 0 Å². The first-order chi connectivity index (χ1) is 17.7. The lowest BCUT2D eigenvalue weighted by Gasteiger charge is -2.56. The van der Waals surface area contributed by atoms with Gasteiger partial charge >= 0.3 is 6.03 Å². The van der Waals surface area contributed by atoms with Gasteiger partial charge in [0, 0.05) is 63.0 Å². The summed E-state index contributed by atoms with van der Waals surface area (Å²) in [7, 11) is 1.35. The number of anilines is 1. The second-order valence-corrected chi connectivity index (χ2v) is 9.65. The lowest BCUT2D eigenvalue weighted by atomic mass is 9.67. The predicted octanol–water partition coefficient (Wildman–Crippen LogP) is 2.30. The van der Waals surface area contributed by atoms with Crippen LogP contribution in [0.4, 0.5) is 16.2 Å². The topological polar surface area (TPSA) is 124 Å². The summed E-state index contributed by atoms with van der Waals surface area (Å²) in [5.41, 5.74) is -0.173. The molecule has 3 heterocycles. The van der Waals surface area contributed by atoms with Gasteiger partial charge in [0.2, 0.25) is 11.8 Å². The number of fused-ring (bicyclic) bond motifs is 4. The van der Waals surface area contributed by atoms with Crippen molar-refractivity contribution in [2.45, 2.75) is 25.8 Å². The van der Waals surface area contributed by atoms with Gasteiger partial charge in [-0.1, -0.05) is 25.1 Å². The van der Waals surface area contributed by atoms with Crippen molar-refractivity contribution in [2.75, 3.05) is 38.1 Å². The molecule has 2 atom stereocenters. The van der Waals surface area contributed by atoms with E-state index in [1.807, 2.05) is 17.9 Å². The maximum Gasteiger partial charge on any atom is 0.333 e. The zero-order valence-electron chi connectivity index (χ0n) is 20.6. The summed E-state index contributed by atoms with van der Waals surface area (Å²) in [6.07, 6.45) is 0.401. The monoisotopic (exact) mass is 505 g/mol. The lowest BCUT2D eigenvalue weighted by Crippen LogP contribution is -2.75. The molecule has 1 spiro atoms. The Hall–Kier alpha value is -4.28. The first-order valence-corrected chi connectivity index (χ1v) is 12.2. The number of barbiturate groups is 1. The van der Waals surface area contributed by atoms with Crippen molar-refractivity contribution >= 4 is 35.1 Å². The number of hydrogen-bond acceptors (Lipinski definition) is 7. The van der Waals surface area contributed by atoms with Crippen LogP contribution < -0.4 is 4.90 Å². The first-order valence-electron chi connectivity index (χ1n) is 12.2. The average molecular weight is 506 g/mol. The molecular weight excluding hydrogens is 478 g/mol. The summed E-state index contributed by atoms with van der Waals surface area (Å²) in [5.74, 6) is -1.49. The molecular formula is C26H27N5O6. The average Bonchev–Trinajstić information content (AvgIpc) is 2.92. The van der Waals surface area contributed by atoms with Gasteiger partial charge in [-0.05, 0) is 30.2 Å². The van der Waals surface area contributed by atoms with Crippen LogP contribution in [0, 0.1) is 15.5 Å². The summed E-state index contributed by atoms with van der Waals surface area (Å²) in [6.45, 7) is 2.71. The maximum atomic E-state index is 14.1. The third kappa shape index (κ3) is 3.64. The molecule has 2 aromatic rings. The number of imide groups is 2. The van der Waals surface area contributed by atoms with Gasteiger partial charge in [-0.2, -0.15) is 0 Å². The summed E-state index contributed by atoms with van der Waals surface area (Å²) < 4.78 is 0. The van der Waals surface area contributed by atoms with Crippen molar-refractivity contribution in [3.05, 3.63) is 69.8 Å². The fourth-order valence-corrected chi connectivity index (χ4v) is 5.81. The third-order valence-corrected chi connectivity index (χ3v) is 7.59. The van der Waals surface area contributed by atoms with E-state index < -0.39 is 34.2 Å². The number of non-ortho nitro benzene ring substituents is 1. The molecule has 0 bridgehead atoms. The van der Waals surface area contributed by atoms with Gasteiger partial charge < -0.3 is 9.80 Å². The smallest absolute Gasteiger partial charge is 0.333 e.